The Labute approximate surface area is 169 Å². The van der Waals surface area contributed by atoms with Gasteiger partial charge in [-0.2, -0.15) is 0 Å². The number of amides is 1. The van der Waals surface area contributed by atoms with Crippen molar-refractivity contribution < 1.29 is 4.79 Å². The van der Waals surface area contributed by atoms with Gasteiger partial charge < -0.3 is 10.2 Å². The number of nitrogens with one attached hydrogen (secondary N) is 1. The van der Waals surface area contributed by atoms with E-state index < -0.39 is 0 Å². The van der Waals surface area contributed by atoms with Gasteiger partial charge in [-0.3, -0.25) is 9.69 Å². The first-order valence-electron chi connectivity index (χ1n) is 8.38. The number of benzene rings is 2. The maximum absolute atomic E-state index is 12.5. The average Bonchev–Trinajstić information content (AvgIpc) is 2.61. The minimum absolute atomic E-state index is 0. The van der Waals surface area contributed by atoms with Crippen LogP contribution < -0.4 is 5.32 Å². The molecule has 144 valence electrons. The highest BCUT2D eigenvalue weighted by Gasteiger charge is 2.15. The lowest BCUT2D eigenvalue weighted by atomic mass is 10.1. The third-order valence-electron chi connectivity index (χ3n) is 3.98. The van der Waals surface area contributed by atoms with Gasteiger partial charge in [-0.25, -0.2) is 0 Å². The fourth-order valence-corrected chi connectivity index (χ4v) is 2.57. The zero-order valence-corrected chi connectivity index (χ0v) is 17.1. The van der Waals surface area contributed by atoms with E-state index in [1.807, 2.05) is 50.5 Å². The predicted octanol–water partition coefficient (Wildman–Crippen LogP) is 3.21. The maximum atomic E-state index is 12.5. The molecule has 0 aliphatic rings. The van der Waals surface area contributed by atoms with Gasteiger partial charge in [0.2, 0.25) is 5.91 Å². The van der Waals surface area contributed by atoms with E-state index in [4.69, 9.17) is 0 Å². The van der Waals surface area contributed by atoms with Gasteiger partial charge in [-0.1, -0.05) is 60.7 Å². The molecule has 0 aliphatic carbocycles. The maximum Gasteiger partial charge on any atom is 0.236 e. The number of hydrogen-bond acceptors (Lipinski definition) is 3. The smallest absolute Gasteiger partial charge is 0.236 e. The molecule has 2 aromatic rings. The Hall–Kier alpha value is -1.59. The second kappa shape index (κ2) is 13.6. The van der Waals surface area contributed by atoms with Crippen LogP contribution in [0, 0.1) is 0 Å². The van der Waals surface area contributed by atoms with Crippen LogP contribution in [0.2, 0.25) is 0 Å². The molecule has 26 heavy (non-hydrogen) atoms. The standard InChI is InChI=1S/C20H27N3O.2ClH/c1-21-13-14-22(2)20(24)17-23(15-18-9-5-3-6-10-18)16-19-11-7-4-8-12-19;;/h3-12,21H,13-17H2,1-2H3;2*1H. The third-order valence-corrected chi connectivity index (χ3v) is 3.98. The minimum atomic E-state index is 0. The molecule has 0 spiro atoms. The lowest BCUT2D eigenvalue weighted by Gasteiger charge is -2.25. The molecule has 0 unspecified atom stereocenters. The first kappa shape index (κ1) is 24.4. The van der Waals surface area contributed by atoms with Gasteiger partial charge in [0.15, 0.2) is 0 Å². The van der Waals surface area contributed by atoms with Crippen LogP contribution in [0.25, 0.3) is 0 Å². The zero-order chi connectivity index (χ0) is 17.2. The molecule has 6 heteroatoms. The highest BCUT2D eigenvalue weighted by Crippen LogP contribution is 2.10. The van der Waals surface area contributed by atoms with Gasteiger partial charge in [-0.15, -0.1) is 24.8 Å². The van der Waals surface area contributed by atoms with Crippen LogP contribution in [-0.2, 0) is 17.9 Å². The number of likely N-dealkylation sites (N-methyl/N-ethyl adjacent to an activating group) is 2. The fraction of sp³-hybridized carbons (Fsp3) is 0.350. The first-order valence-corrected chi connectivity index (χ1v) is 8.38. The van der Waals surface area contributed by atoms with Crippen molar-refractivity contribution in [3.05, 3.63) is 71.8 Å². The molecule has 0 heterocycles. The Kier molecular flexibility index (Phi) is 12.8. The summed E-state index contributed by atoms with van der Waals surface area (Å²) in [6, 6.07) is 20.6. The Morgan fingerprint density at radius 1 is 0.885 bits per heavy atom. The summed E-state index contributed by atoms with van der Waals surface area (Å²) in [7, 11) is 3.76. The van der Waals surface area contributed by atoms with Gasteiger partial charge in [0.05, 0.1) is 6.54 Å². The van der Waals surface area contributed by atoms with E-state index in [1.165, 1.54) is 11.1 Å². The number of halogens is 2. The summed E-state index contributed by atoms with van der Waals surface area (Å²) < 4.78 is 0. The quantitative estimate of drug-likeness (QED) is 0.705. The molecule has 2 rings (SSSR count). The Morgan fingerprint density at radius 3 is 1.77 bits per heavy atom. The minimum Gasteiger partial charge on any atom is -0.343 e. The van der Waals surface area contributed by atoms with Crippen molar-refractivity contribution in [3.63, 3.8) is 0 Å². The summed E-state index contributed by atoms with van der Waals surface area (Å²) in [6.07, 6.45) is 0. The van der Waals surface area contributed by atoms with Crippen LogP contribution in [0.4, 0.5) is 0 Å². The van der Waals surface area contributed by atoms with Gasteiger partial charge in [-0.05, 0) is 18.2 Å². The van der Waals surface area contributed by atoms with Crippen LogP contribution in [0.5, 0.6) is 0 Å². The van der Waals surface area contributed by atoms with Crippen LogP contribution in [-0.4, -0.2) is 49.4 Å². The molecule has 0 bridgehead atoms. The van der Waals surface area contributed by atoms with E-state index in [-0.39, 0.29) is 30.7 Å². The fourth-order valence-electron chi connectivity index (χ4n) is 2.57. The van der Waals surface area contributed by atoms with Crippen molar-refractivity contribution in [2.45, 2.75) is 13.1 Å². The van der Waals surface area contributed by atoms with Gasteiger partial charge in [0, 0.05) is 33.2 Å². The summed E-state index contributed by atoms with van der Waals surface area (Å²) in [6.45, 7) is 3.48. The summed E-state index contributed by atoms with van der Waals surface area (Å²) in [5.41, 5.74) is 2.44. The SMILES string of the molecule is CNCCN(C)C(=O)CN(Cc1ccccc1)Cc1ccccc1.Cl.Cl. The van der Waals surface area contributed by atoms with E-state index in [9.17, 15) is 4.79 Å². The number of hydrogen-bond donors (Lipinski definition) is 1. The van der Waals surface area contributed by atoms with Crippen LogP contribution in [0.15, 0.2) is 60.7 Å². The Bertz CT molecular complexity index is 569. The summed E-state index contributed by atoms with van der Waals surface area (Å²) in [4.78, 5) is 16.5. The largest absolute Gasteiger partial charge is 0.343 e. The van der Waals surface area contributed by atoms with Crippen LogP contribution >= 0.6 is 24.8 Å². The Balaban J connectivity index is 0.00000312. The number of rotatable bonds is 9. The number of carbonyl (C=O) groups excluding carboxylic acids is 1. The number of nitrogens with zero attached hydrogens (tertiary/aromatic N) is 2. The second-order valence-electron chi connectivity index (χ2n) is 6.04. The molecule has 0 atom stereocenters. The molecule has 2 aromatic carbocycles. The van der Waals surface area contributed by atoms with Crippen LogP contribution in [0.1, 0.15) is 11.1 Å². The second-order valence-corrected chi connectivity index (χ2v) is 6.04. The van der Waals surface area contributed by atoms with Crippen molar-refractivity contribution >= 4 is 30.7 Å². The lowest BCUT2D eigenvalue weighted by Crippen LogP contribution is -2.40. The average molecular weight is 398 g/mol. The molecule has 1 amide bonds. The molecule has 0 aliphatic heterocycles. The third kappa shape index (κ3) is 8.68. The van der Waals surface area contributed by atoms with Crippen molar-refractivity contribution in [1.82, 2.24) is 15.1 Å². The monoisotopic (exact) mass is 397 g/mol. The van der Waals surface area contributed by atoms with Crippen molar-refractivity contribution in [2.24, 2.45) is 0 Å². The van der Waals surface area contributed by atoms with Crippen molar-refractivity contribution in [2.75, 3.05) is 33.7 Å². The molecule has 0 radical (unpaired) electrons. The van der Waals surface area contributed by atoms with E-state index in [1.54, 1.807) is 4.90 Å². The Morgan fingerprint density at radius 2 is 1.35 bits per heavy atom. The topological polar surface area (TPSA) is 35.6 Å². The van der Waals surface area contributed by atoms with Gasteiger partial charge in [0.25, 0.3) is 0 Å². The van der Waals surface area contributed by atoms with E-state index in [0.29, 0.717) is 6.54 Å². The molecule has 0 saturated heterocycles. The van der Waals surface area contributed by atoms with E-state index in [0.717, 1.165) is 26.2 Å². The highest BCUT2D eigenvalue weighted by molar-refractivity contribution is 5.85. The molecule has 1 N–H and O–H groups in total. The predicted molar refractivity (Wildman–Crippen MR) is 113 cm³/mol. The highest BCUT2D eigenvalue weighted by atomic mass is 35.5. The summed E-state index contributed by atoms with van der Waals surface area (Å²) in [5, 5.41) is 3.08. The molecular formula is C20H29Cl2N3O. The molecule has 0 fully saturated rings. The molecule has 0 saturated carbocycles. The normalized spacial score (nSPS) is 9.96. The van der Waals surface area contributed by atoms with Crippen molar-refractivity contribution in [1.29, 1.82) is 0 Å². The molecule has 0 aromatic heterocycles. The first-order chi connectivity index (χ1) is 11.7. The van der Waals surface area contributed by atoms with E-state index in [2.05, 4.69) is 34.5 Å². The molecule has 4 nitrogen and oxygen atoms in total. The molecular weight excluding hydrogens is 369 g/mol. The number of carbonyl (C=O) groups is 1. The van der Waals surface area contributed by atoms with Crippen LogP contribution in [0.3, 0.4) is 0 Å². The van der Waals surface area contributed by atoms with Gasteiger partial charge in [0.1, 0.15) is 0 Å². The van der Waals surface area contributed by atoms with Gasteiger partial charge >= 0.3 is 0 Å². The lowest BCUT2D eigenvalue weighted by molar-refractivity contribution is -0.131. The summed E-state index contributed by atoms with van der Waals surface area (Å²) >= 11 is 0. The van der Waals surface area contributed by atoms with E-state index >= 15 is 0 Å². The summed E-state index contributed by atoms with van der Waals surface area (Å²) in [5.74, 6) is 0.150. The van der Waals surface area contributed by atoms with Crippen molar-refractivity contribution in [3.8, 4) is 0 Å². The zero-order valence-electron chi connectivity index (χ0n) is 15.4.